The fourth-order valence-corrected chi connectivity index (χ4v) is 3.65. The second kappa shape index (κ2) is 10.9. The molecule has 0 aliphatic carbocycles. The molecule has 1 unspecified atom stereocenters. The summed E-state index contributed by atoms with van der Waals surface area (Å²) in [5, 5.41) is 6.62. The van der Waals surface area contributed by atoms with Crippen LogP contribution in [0, 0.1) is 0 Å². The molecular formula is C24H27N3O4S. The van der Waals surface area contributed by atoms with Crippen LogP contribution < -0.4 is 10.6 Å². The van der Waals surface area contributed by atoms with Crippen LogP contribution in [0.5, 0.6) is 0 Å². The summed E-state index contributed by atoms with van der Waals surface area (Å²) in [6.07, 6.45) is 0.298. The van der Waals surface area contributed by atoms with Crippen molar-refractivity contribution in [3.8, 4) is 0 Å². The number of carbonyl (C=O) groups excluding carboxylic acids is 2. The third-order valence-corrected chi connectivity index (χ3v) is 5.62. The number of hydrogen-bond donors (Lipinski definition) is 2. The molecule has 0 saturated carbocycles. The molecule has 3 rings (SSSR count). The molecule has 8 heteroatoms. The SMILES string of the molecule is COCCOC(=O)C1=C(C)N(C)C(=S)NC1c1ccc(NC(=O)Cc2ccccc2)cc1. The number of methoxy groups -OCH3 is 1. The van der Waals surface area contributed by atoms with Gasteiger partial charge in [-0.15, -0.1) is 0 Å². The zero-order valence-corrected chi connectivity index (χ0v) is 19.2. The van der Waals surface area contributed by atoms with Crippen LogP contribution in [0.15, 0.2) is 65.9 Å². The Morgan fingerprint density at radius 2 is 1.78 bits per heavy atom. The van der Waals surface area contributed by atoms with E-state index in [-0.39, 0.29) is 12.5 Å². The monoisotopic (exact) mass is 453 g/mol. The number of rotatable bonds is 8. The lowest BCUT2D eigenvalue weighted by Gasteiger charge is -2.35. The number of esters is 1. The van der Waals surface area contributed by atoms with Gasteiger partial charge in [0.2, 0.25) is 5.91 Å². The lowest BCUT2D eigenvalue weighted by atomic mass is 9.95. The minimum atomic E-state index is -0.456. The van der Waals surface area contributed by atoms with Crippen LogP contribution in [0.1, 0.15) is 24.1 Å². The smallest absolute Gasteiger partial charge is 0.338 e. The van der Waals surface area contributed by atoms with Gasteiger partial charge in [0.05, 0.1) is 24.6 Å². The molecule has 2 aromatic rings. The van der Waals surface area contributed by atoms with Crippen LogP contribution in [0.25, 0.3) is 0 Å². The molecule has 0 bridgehead atoms. The summed E-state index contributed by atoms with van der Waals surface area (Å²) < 4.78 is 10.3. The first-order chi connectivity index (χ1) is 15.4. The van der Waals surface area contributed by atoms with E-state index in [9.17, 15) is 9.59 Å². The second-order valence-electron chi connectivity index (χ2n) is 7.40. The number of amides is 1. The Labute approximate surface area is 193 Å². The molecule has 1 aliphatic heterocycles. The van der Waals surface area contributed by atoms with Gasteiger partial charge in [0.1, 0.15) is 6.61 Å². The topological polar surface area (TPSA) is 79.9 Å². The van der Waals surface area contributed by atoms with Crippen molar-refractivity contribution < 1.29 is 19.1 Å². The van der Waals surface area contributed by atoms with Gasteiger partial charge in [-0.25, -0.2) is 4.79 Å². The van der Waals surface area contributed by atoms with Gasteiger partial charge in [0, 0.05) is 25.5 Å². The lowest BCUT2D eigenvalue weighted by molar-refractivity contribution is -0.140. The fourth-order valence-electron chi connectivity index (χ4n) is 3.39. The van der Waals surface area contributed by atoms with Gasteiger partial charge in [-0.1, -0.05) is 42.5 Å². The Kier molecular flexibility index (Phi) is 7.97. The van der Waals surface area contributed by atoms with E-state index in [2.05, 4.69) is 10.6 Å². The molecule has 7 nitrogen and oxygen atoms in total. The van der Waals surface area contributed by atoms with Crippen molar-refractivity contribution in [1.29, 1.82) is 0 Å². The quantitative estimate of drug-likeness (QED) is 0.361. The van der Waals surface area contributed by atoms with Crippen molar-refractivity contribution in [3.05, 3.63) is 77.0 Å². The Balaban J connectivity index is 1.75. The predicted octanol–water partition coefficient (Wildman–Crippen LogP) is 3.19. The summed E-state index contributed by atoms with van der Waals surface area (Å²) in [4.78, 5) is 26.9. The number of carbonyl (C=O) groups is 2. The molecule has 2 aromatic carbocycles. The molecule has 0 radical (unpaired) electrons. The van der Waals surface area contributed by atoms with Gasteiger partial charge in [-0.2, -0.15) is 0 Å². The second-order valence-corrected chi connectivity index (χ2v) is 7.79. The Bertz CT molecular complexity index is 1010. The number of nitrogens with one attached hydrogen (secondary N) is 2. The van der Waals surface area contributed by atoms with E-state index in [1.54, 1.807) is 19.1 Å². The predicted molar refractivity (Wildman–Crippen MR) is 127 cm³/mol. The molecule has 168 valence electrons. The maximum Gasteiger partial charge on any atom is 0.338 e. The lowest BCUT2D eigenvalue weighted by Crippen LogP contribution is -2.46. The fraction of sp³-hybridized carbons (Fsp3) is 0.292. The van der Waals surface area contributed by atoms with E-state index in [0.717, 1.165) is 16.8 Å². The van der Waals surface area contributed by atoms with Crippen molar-refractivity contribution in [3.63, 3.8) is 0 Å². The number of benzene rings is 2. The van der Waals surface area contributed by atoms with Gasteiger partial charge < -0.3 is 25.0 Å². The van der Waals surface area contributed by atoms with Crippen LogP contribution in [0.4, 0.5) is 5.69 Å². The number of ether oxygens (including phenoxy) is 2. The highest BCUT2D eigenvalue weighted by Gasteiger charge is 2.33. The maximum atomic E-state index is 12.8. The minimum absolute atomic E-state index is 0.0966. The third kappa shape index (κ3) is 5.72. The van der Waals surface area contributed by atoms with Crippen molar-refractivity contribution in [2.75, 3.05) is 32.7 Å². The van der Waals surface area contributed by atoms with Gasteiger partial charge in [-0.05, 0) is 42.4 Å². The number of allylic oxidation sites excluding steroid dienone is 1. The molecule has 1 atom stereocenters. The number of hydrogen-bond acceptors (Lipinski definition) is 5. The Hall–Kier alpha value is -3.23. The van der Waals surface area contributed by atoms with E-state index < -0.39 is 12.0 Å². The number of nitrogens with zero attached hydrogens (tertiary/aromatic N) is 1. The minimum Gasteiger partial charge on any atom is -0.460 e. The van der Waals surface area contributed by atoms with Crippen LogP contribution in [0.2, 0.25) is 0 Å². The van der Waals surface area contributed by atoms with Gasteiger partial charge >= 0.3 is 5.97 Å². The normalized spacial score (nSPS) is 15.9. The number of thiocarbonyl (C=S) groups is 1. The molecule has 0 spiro atoms. The van der Waals surface area contributed by atoms with Crippen molar-refractivity contribution in [2.24, 2.45) is 0 Å². The van der Waals surface area contributed by atoms with Crippen molar-refractivity contribution in [1.82, 2.24) is 10.2 Å². The Morgan fingerprint density at radius 1 is 1.09 bits per heavy atom. The molecule has 0 aromatic heterocycles. The molecule has 32 heavy (non-hydrogen) atoms. The molecular weight excluding hydrogens is 426 g/mol. The van der Waals surface area contributed by atoms with Crippen molar-refractivity contribution in [2.45, 2.75) is 19.4 Å². The summed E-state index contributed by atoms with van der Waals surface area (Å²) >= 11 is 5.42. The maximum absolute atomic E-state index is 12.8. The first-order valence-electron chi connectivity index (χ1n) is 10.3. The van der Waals surface area contributed by atoms with E-state index in [1.165, 1.54) is 0 Å². The summed E-state index contributed by atoms with van der Waals surface area (Å²) in [7, 11) is 3.35. The first-order valence-corrected chi connectivity index (χ1v) is 10.7. The summed E-state index contributed by atoms with van der Waals surface area (Å²) in [6, 6.07) is 16.4. The van der Waals surface area contributed by atoms with E-state index >= 15 is 0 Å². The molecule has 1 aliphatic rings. The summed E-state index contributed by atoms with van der Waals surface area (Å²) in [5.74, 6) is -0.521. The number of anilines is 1. The molecule has 1 heterocycles. The van der Waals surface area contributed by atoms with Gasteiger partial charge in [0.15, 0.2) is 5.11 Å². The average Bonchev–Trinajstić information content (AvgIpc) is 2.78. The van der Waals surface area contributed by atoms with Crippen LogP contribution in [-0.2, 0) is 25.5 Å². The van der Waals surface area contributed by atoms with Crippen LogP contribution in [-0.4, -0.2) is 49.3 Å². The highest BCUT2D eigenvalue weighted by Crippen LogP contribution is 2.31. The molecule has 1 amide bonds. The summed E-state index contributed by atoms with van der Waals surface area (Å²) in [6.45, 7) is 2.33. The van der Waals surface area contributed by atoms with E-state index in [4.69, 9.17) is 21.7 Å². The zero-order chi connectivity index (χ0) is 23.1. The van der Waals surface area contributed by atoms with Crippen LogP contribution in [0.3, 0.4) is 0 Å². The highest BCUT2D eigenvalue weighted by atomic mass is 32.1. The largest absolute Gasteiger partial charge is 0.460 e. The van der Waals surface area contributed by atoms with Crippen molar-refractivity contribution >= 4 is 34.9 Å². The zero-order valence-electron chi connectivity index (χ0n) is 18.4. The summed E-state index contributed by atoms with van der Waals surface area (Å²) in [5.41, 5.74) is 3.66. The molecule has 2 N–H and O–H groups in total. The standard InChI is InChI=1S/C24H27N3O4S/c1-16-21(23(29)31-14-13-30-3)22(26-24(32)27(16)2)18-9-11-19(12-10-18)25-20(28)15-17-7-5-4-6-8-17/h4-12,22H,13-15H2,1-3H3,(H,25,28)(H,26,32). The van der Waals surface area contributed by atoms with E-state index in [1.807, 2.05) is 61.5 Å². The van der Waals surface area contributed by atoms with Gasteiger partial charge in [0.25, 0.3) is 0 Å². The third-order valence-electron chi connectivity index (χ3n) is 5.23. The average molecular weight is 454 g/mol. The van der Waals surface area contributed by atoms with Gasteiger partial charge in [-0.3, -0.25) is 4.79 Å². The van der Waals surface area contributed by atoms with E-state index in [0.29, 0.717) is 29.4 Å². The van der Waals surface area contributed by atoms with Crippen LogP contribution >= 0.6 is 12.2 Å². The molecule has 0 saturated heterocycles. The molecule has 0 fully saturated rings. The highest BCUT2D eigenvalue weighted by molar-refractivity contribution is 7.80. The Morgan fingerprint density at radius 3 is 2.44 bits per heavy atom. The first kappa shape index (κ1) is 23.4.